The van der Waals surface area contributed by atoms with Gasteiger partial charge in [-0.25, -0.2) is 29.9 Å². The third kappa shape index (κ3) is 20.8. The van der Waals surface area contributed by atoms with Crippen molar-refractivity contribution < 1.29 is 0 Å². The SMILES string of the molecule is CCCCCCCC[Si]1(CCCCCCCC)c2cc(C)sc2-c2sc(-c3cc4c(cc(-c5cc6c(s5)-c5sc(-c7nc8sc(C)nc8s7)cc5[Si]6(CCCCCCCC)CCCCCCCC)c5nc(CC(CC)CCCC)c(CC(CC)CCCC)nc54)c4nc(CC(CC)CCCC)c(CC(CC)CCCC)nc34)cc21. The van der Waals surface area contributed by atoms with Crippen molar-refractivity contribution in [3.8, 4) is 50.3 Å². The normalized spacial score (nSPS) is 14.7. The smallest absolute Gasteiger partial charge is 0.155 e. The van der Waals surface area contributed by atoms with Gasteiger partial charge in [0.2, 0.25) is 0 Å². The van der Waals surface area contributed by atoms with Crippen molar-refractivity contribution in [3.63, 3.8) is 0 Å². The Morgan fingerprint density at radius 1 is 0.281 bits per heavy atom. The average molecular weight is 1680 g/mol. The van der Waals surface area contributed by atoms with Gasteiger partial charge in [0.25, 0.3) is 0 Å². The summed E-state index contributed by atoms with van der Waals surface area (Å²) in [6, 6.07) is 21.8. The summed E-state index contributed by atoms with van der Waals surface area (Å²) in [5, 5.41) is 11.7. The van der Waals surface area contributed by atoms with E-state index in [4.69, 9.17) is 29.9 Å². The molecule has 2 aromatic carbocycles. The molecule has 2 aliphatic heterocycles. The second-order valence-corrected chi connectivity index (χ2v) is 50.9. The number of thiazole rings is 2. The highest BCUT2D eigenvalue weighted by Gasteiger charge is 2.50. The second kappa shape index (κ2) is 44.1. The van der Waals surface area contributed by atoms with Crippen LogP contribution in [0, 0.1) is 37.5 Å². The van der Waals surface area contributed by atoms with Crippen LogP contribution in [0.2, 0.25) is 24.2 Å². The minimum absolute atomic E-state index is 0.547. The molecule has 0 N–H and O–H groups in total. The standard InChI is InChI=1S/C100H148N6S6Si2/c1-15-27-35-39-43-47-55-113(56-48-44-40-36-28-16-2)86-59-69(13)107-94(86)95-87(113)66-83(109-95)77-64-75-76(90-92(77)104-81(62-73(25-11)53-33-21-7)79(102-90)60-71(23-9)51-31-19-5)65-78(93-91(75)103-80(61-72(24-10)52-32-20-6)82(105-93)63-74(26-12)54-34-22-8)84-67-88-96(110-84)97-89(68-85(111-97)98-106-100-99(112-98)101-70(14)108-100)114(88,57-49-45-41-37-29-17-3)58-50-46-42-38-30-18-4/h59,64-68,71-74H,15-58,60-63H2,1-14H3. The Balaban J connectivity index is 1.17. The third-order valence-electron chi connectivity index (χ3n) is 27.3. The number of rotatable bonds is 55. The van der Waals surface area contributed by atoms with Crippen LogP contribution in [-0.2, 0) is 25.7 Å². The van der Waals surface area contributed by atoms with E-state index >= 15 is 0 Å². The Hall–Kier alpha value is -3.87. The number of thiophene rings is 4. The molecular formula is C100H148N6S6Si2. The second-order valence-electron chi connectivity index (χ2n) is 35.8. The molecule has 14 heteroatoms. The Bertz CT molecular complexity index is 4590. The van der Waals surface area contributed by atoms with Gasteiger partial charge in [-0.05, 0) is 145 Å². The molecule has 4 atom stereocenters. The quantitative estimate of drug-likeness (QED) is 0.0215. The van der Waals surface area contributed by atoms with Crippen molar-refractivity contribution in [1.29, 1.82) is 0 Å². The first-order valence-electron chi connectivity index (χ1n) is 47.6. The van der Waals surface area contributed by atoms with Crippen LogP contribution in [0.15, 0.2) is 36.4 Å². The van der Waals surface area contributed by atoms with E-state index in [1.165, 1.54) is 320 Å². The summed E-state index contributed by atoms with van der Waals surface area (Å²) in [6.07, 6.45) is 55.4. The molecule has 0 spiro atoms. The lowest BCUT2D eigenvalue weighted by Gasteiger charge is -2.29. The van der Waals surface area contributed by atoms with E-state index in [-0.39, 0.29) is 0 Å². The van der Waals surface area contributed by atoms with Crippen LogP contribution in [0.4, 0.5) is 0 Å². The molecule has 0 fully saturated rings. The maximum absolute atomic E-state index is 6.47. The highest BCUT2D eigenvalue weighted by Crippen LogP contribution is 2.53. The first kappa shape index (κ1) is 89.4. The zero-order chi connectivity index (χ0) is 80.1. The fourth-order valence-corrected chi connectivity index (χ4v) is 40.9. The van der Waals surface area contributed by atoms with E-state index < -0.39 is 16.1 Å². The van der Waals surface area contributed by atoms with Gasteiger partial charge in [-0.1, -0.05) is 363 Å². The van der Waals surface area contributed by atoms with Crippen LogP contribution in [-0.4, -0.2) is 46.1 Å². The van der Waals surface area contributed by atoms with E-state index in [2.05, 4.69) is 179 Å². The summed E-state index contributed by atoms with van der Waals surface area (Å²) in [5.41, 5.74) is 12.1. The predicted octanol–water partition coefficient (Wildman–Crippen LogP) is 32.2. The highest BCUT2D eigenvalue weighted by molar-refractivity contribution is 7.34. The number of unbranched alkanes of at least 4 members (excludes halogenated alkanes) is 24. The molecule has 0 aliphatic carbocycles. The minimum Gasteiger partial charge on any atom is -0.249 e. The van der Waals surface area contributed by atoms with Gasteiger partial charge in [-0.15, -0.1) is 45.3 Å². The third-order valence-corrected chi connectivity index (χ3v) is 45.5. The first-order chi connectivity index (χ1) is 55.8. The number of nitrogens with zero attached hydrogens (tertiary/aromatic N) is 6. The summed E-state index contributed by atoms with van der Waals surface area (Å²) >= 11 is 12.0. The van der Waals surface area contributed by atoms with Crippen LogP contribution < -0.4 is 20.7 Å². The molecule has 4 unspecified atom stereocenters. The number of aromatic nitrogens is 6. The van der Waals surface area contributed by atoms with Gasteiger partial charge < -0.3 is 0 Å². The van der Waals surface area contributed by atoms with Gasteiger partial charge in [0.05, 0.1) is 54.7 Å². The van der Waals surface area contributed by atoms with Crippen molar-refractivity contribution in [1.82, 2.24) is 29.9 Å². The largest absolute Gasteiger partial charge is 0.249 e. The Morgan fingerprint density at radius 2 is 0.579 bits per heavy atom. The maximum atomic E-state index is 6.47. The molecule has 10 aromatic rings. The predicted molar refractivity (Wildman–Crippen MR) is 518 cm³/mol. The molecular weight excluding hydrogens is 1530 g/mol. The summed E-state index contributed by atoms with van der Waals surface area (Å²) in [4.78, 5) is 50.4. The lowest BCUT2D eigenvalue weighted by molar-refractivity contribution is 0.427. The van der Waals surface area contributed by atoms with Crippen LogP contribution in [0.3, 0.4) is 0 Å². The van der Waals surface area contributed by atoms with Gasteiger partial charge in [0, 0.05) is 56.0 Å². The van der Waals surface area contributed by atoms with E-state index in [0.717, 1.165) is 93.1 Å². The van der Waals surface area contributed by atoms with Gasteiger partial charge in [0.1, 0.15) is 21.2 Å². The summed E-state index contributed by atoms with van der Waals surface area (Å²) in [5.74, 6) is 2.21. The van der Waals surface area contributed by atoms with Crippen LogP contribution >= 0.6 is 68.0 Å². The monoisotopic (exact) mass is 1680 g/mol. The molecule has 8 aromatic heterocycles. The lowest BCUT2D eigenvalue weighted by Crippen LogP contribution is -2.54. The zero-order valence-electron chi connectivity index (χ0n) is 73.8. The Labute approximate surface area is 717 Å². The average Bonchev–Trinajstić information content (AvgIpc) is 1.52. The molecule has 0 amide bonds. The van der Waals surface area contributed by atoms with E-state index in [0.29, 0.717) is 23.7 Å². The van der Waals surface area contributed by atoms with Crippen LogP contribution in [0.1, 0.15) is 373 Å². The van der Waals surface area contributed by atoms with Crippen molar-refractivity contribution in [2.45, 2.75) is 404 Å². The number of benzene rings is 2. The molecule has 0 saturated heterocycles. The highest BCUT2D eigenvalue weighted by atomic mass is 32.1. The van der Waals surface area contributed by atoms with E-state index in [9.17, 15) is 0 Å². The number of hydrogen-bond acceptors (Lipinski definition) is 12. The van der Waals surface area contributed by atoms with Crippen molar-refractivity contribution in [2.75, 3.05) is 0 Å². The molecule has 2 aliphatic rings. The first-order valence-corrected chi connectivity index (χ1v) is 57.3. The molecule has 0 saturated carbocycles. The summed E-state index contributed by atoms with van der Waals surface area (Å²) in [7, 11) is -4.57. The van der Waals surface area contributed by atoms with Crippen LogP contribution in [0.25, 0.3) is 92.8 Å². The van der Waals surface area contributed by atoms with Crippen molar-refractivity contribution >= 4 is 147 Å². The summed E-state index contributed by atoms with van der Waals surface area (Å²) < 4.78 is 0. The molecule has 12 rings (SSSR count). The fourth-order valence-electron chi connectivity index (χ4n) is 20.1. The molecule has 6 nitrogen and oxygen atoms in total. The molecule has 0 bridgehead atoms. The lowest BCUT2D eigenvalue weighted by atomic mass is 9.89. The minimum atomic E-state index is -2.37. The number of aryl methyl sites for hydroxylation is 2. The Morgan fingerprint density at radius 3 is 0.921 bits per heavy atom. The number of hydrogen-bond donors (Lipinski definition) is 0. The van der Waals surface area contributed by atoms with Gasteiger partial charge >= 0.3 is 0 Å². The zero-order valence-corrected chi connectivity index (χ0v) is 80.7. The molecule has 0 radical (unpaired) electrons. The topological polar surface area (TPSA) is 77.3 Å². The van der Waals surface area contributed by atoms with E-state index in [1.807, 2.05) is 11.3 Å². The maximum Gasteiger partial charge on any atom is 0.155 e. The van der Waals surface area contributed by atoms with Crippen LogP contribution in [0.5, 0.6) is 0 Å². The van der Waals surface area contributed by atoms with Gasteiger partial charge in [-0.2, -0.15) is 0 Å². The van der Waals surface area contributed by atoms with Gasteiger partial charge in [-0.3, -0.25) is 0 Å². The molecule has 10 heterocycles. The Kier molecular flexibility index (Phi) is 34.6. The van der Waals surface area contributed by atoms with Crippen molar-refractivity contribution in [3.05, 3.63) is 69.1 Å². The van der Waals surface area contributed by atoms with Crippen molar-refractivity contribution in [2.24, 2.45) is 23.7 Å². The molecule has 114 heavy (non-hydrogen) atoms. The fraction of sp³-hybridized carbons (Fsp3) is 0.660. The van der Waals surface area contributed by atoms with E-state index in [1.54, 1.807) is 51.6 Å². The molecule has 622 valence electrons. The number of fused-ring (bicyclic) bond motifs is 12. The van der Waals surface area contributed by atoms with Gasteiger partial charge in [0.15, 0.2) is 9.66 Å². The summed E-state index contributed by atoms with van der Waals surface area (Å²) in [6.45, 7) is 33.4.